The highest BCUT2D eigenvalue weighted by Crippen LogP contribution is 2.30. The van der Waals surface area contributed by atoms with Crippen LogP contribution in [0.2, 0.25) is 0 Å². The lowest BCUT2D eigenvalue weighted by atomic mass is 10.1. The van der Waals surface area contributed by atoms with Crippen molar-refractivity contribution in [3.8, 4) is 5.75 Å². The van der Waals surface area contributed by atoms with Crippen molar-refractivity contribution >= 4 is 38.6 Å². The van der Waals surface area contributed by atoms with Gasteiger partial charge in [0.1, 0.15) is 23.9 Å². The van der Waals surface area contributed by atoms with Gasteiger partial charge in [-0.3, -0.25) is 4.79 Å². The third-order valence-corrected chi connectivity index (χ3v) is 5.84. The fourth-order valence-corrected chi connectivity index (χ4v) is 3.88. The average molecular weight is 464 g/mol. The Morgan fingerprint density at radius 1 is 1.07 bits per heavy atom. The summed E-state index contributed by atoms with van der Waals surface area (Å²) in [5.41, 5.74) is 5.06. The Kier molecular flexibility index (Phi) is 5.59. The second kappa shape index (κ2) is 8.32. The van der Waals surface area contributed by atoms with E-state index in [9.17, 15) is 4.79 Å². The Balaban J connectivity index is 1.56. The third-order valence-electron chi connectivity index (χ3n) is 5.17. The van der Waals surface area contributed by atoms with E-state index in [4.69, 9.17) is 4.74 Å². The van der Waals surface area contributed by atoms with Crippen LogP contribution in [0.15, 0.2) is 59.1 Å². The van der Waals surface area contributed by atoms with Crippen molar-refractivity contribution in [3.05, 3.63) is 87.1 Å². The van der Waals surface area contributed by atoms with Crippen LogP contribution in [0, 0.1) is 20.8 Å². The highest BCUT2D eigenvalue weighted by Gasteiger charge is 2.17. The maximum Gasteiger partial charge on any atom is 0.273 e. The van der Waals surface area contributed by atoms with Gasteiger partial charge in [-0.05, 0) is 65.5 Å². The molecule has 2 N–H and O–H groups in total. The molecule has 4 aromatic rings. The molecule has 0 atom stereocenters. The second-order valence-corrected chi connectivity index (χ2v) is 8.09. The Hall–Kier alpha value is -3.12. The summed E-state index contributed by atoms with van der Waals surface area (Å²) < 4.78 is 6.96. The molecule has 0 bridgehead atoms. The van der Waals surface area contributed by atoms with Gasteiger partial charge in [0.2, 0.25) is 0 Å². The molecule has 2 aromatic heterocycles. The molecule has 0 saturated carbocycles. The molecule has 30 heavy (non-hydrogen) atoms. The lowest BCUT2D eigenvalue weighted by Gasteiger charge is -2.17. The molecule has 6 heteroatoms. The number of aromatic nitrogens is 2. The summed E-state index contributed by atoms with van der Waals surface area (Å²) in [6.45, 7) is 6.29. The van der Waals surface area contributed by atoms with Gasteiger partial charge < -0.3 is 15.0 Å². The van der Waals surface area contributed by atoms with Crippen molar-refractivity contribution in [2.75, 3.05) is 5.32 Å². The molecule has 0 aliphatic heterocycles. The highest BCUT2D eigenvalue weighted by atomic mass is 79.9. The molecular formula is C24H22BrN3O2. The van der Waals surface area contributed by atoms with E-state index < -0.39 is 0 Å². The summed E-state index contributed by atoms with van der Waals surface area (Å²) in [5.74, 6) is 1.06. The van der Waals surface area contributed by atoms with E-state index in [-0.39, 0.29) is 5.91 Å². The number of aromatic amines is 1. The Morgan fingerprint density at radius 3 is 2.57 bits per heavy atom. The molecule has 2 aromatic carbocycles. The molecule has 0 unspecified atom stereocenters. The van der Waals surface area contributed by atoms with Crippen molar-refractivity contribution < 1.29 is 9.53 Å². The van der Waals surface area contributed by atoms with Gasteiger partial charge in [-0.1, -0.05) is 42.5 Å². The lowest BCUT2D eigenvalue weighted by molar-refractivity contribution is 0.102. The molecular weight excluding hydrogens is 442 g/mol. The van der Waals surface area contributed by atoms with Crippen molar-refractivity contribution in [1.29, 1.82) is 0 Å². The van der Waals surface area contributed by atoms with Crippen LogP contribution in [0.4, 0.5) is 5.82 Å². The highest BCUT2D eigenvalue weighted by molar-refractivity contribution is 9.10. The summed E-state index contributed by atoms with van der Waals surface area (Å²) in [4.78, 5) is 20.6. The quantitative estimate of drug-likeness (QED) is 0.376. The van der Waals surface area contributed by atoms with Gasteiger partial charge in [-0.25, -0.2) is 4.98 Å². The Bertz CT molecular complexity index is 1230. The first-order valence-electron chi connectivity index (χ1n) is 9.67. The summed E-state index contributed by atoms with van der Waals surface area (Å²) >= 11 is 3.51. The molecule has 0 aliphatic rings. The molecule has 4 rings (SSSR count). The smallest absolute Gasteiger partial charge is 0.273 e. The summed E-state index contributed by atoms with van der Waals surface area (Å²) in [5, 5.41) is 3.91. The SMILES string of the molecule is Cc1nc(NC(=O)c2cc3cccc(Br)c3[nH]2)c(C)c(C)c1OCc1ccccc1. The van der Waals surface area contributed by atoms with Crippen LogP contribution in [-0.2, 0) is 6.61 Å². The van der Waals surface area contributed by atoms with Crippen LogP contribution in [0.25, 0.3) is 10.9 Å². The van der Waals surface area contributed by atoms with Crippen molar-refractivity contribution in [2.24, 2.45) is 0 Å². The van der Waals surface area contributed by atoms with E-state index in [1.54, 1.807) is 0 Å². The second-order valence-electron chi connectivity index (χ2n) is 7.24. The molecule has 5 nitrogen and oxygen atoms in total. The Morgan fingerprint density at radius 2 is 1.83 bits per heavy atom. The number of H-pyrrole nitrogens is 1. The van der Waals surface area contributed by atoms with E-state index in [1.807, 2.05) is 75.4 Å². The number of benzene rings is 2. The summed E-state index contributed by atoms with van der Waals surface area (Å²) in [6, 6.07) is 17.7. The van der Waals surface area contributed by atoms with E-state index in [1.165, 1.54) is 0 Å². The van der Waals surface area contributed by atoms with Crippen LogP contribution in [0.5, 0.6) is 5.75 Å². The summed E-state index contributed by atoms with van der Waals surface area (Å²) in [6.07, 6.45) is 0. The number of ether oxygens (including phenoxy) is 1. The number of hydrogen-bond donors (Lipinski definition) is 2. The van der Waals surface area contributed by atoms with Gasteiger partial charge in [0.05, 0.1) is 11.2 Å². The monoisotopic (exact) mass is 463 g/mol. The zero-order valence-electron chi connectivity index (χ0n) is 17.0. The number of carbonyl (C=O) groups excluding carboxylic acids is 1. The average Bonchev–Trinajstić information content (AvgIpc) is 3.18. The molecule has 1 amide bonds. The maximum atomic E-state index is 12.8. The van der Waals surface area contributed by atoms with Gasteiger partial charge in [0, 0.05) is 9.86 Å². The number of pyridine rings is 1. The van der Waals surface area contributed by atoms with Crippen LogP contribution < -0.4 is 10.1 Å². The van der Waals surface area contributed by atoms with Crippen LogP contribution >= 0.6 is 15.9 Å². The van der Waals surface area contributed by atoms with Gasteiger partial charge in [-0.15, -0.1) is 0 Å². The first-order chi connectivity index (χ1) is 14.4. The number of nitrogens with zero attached hydrogens (tertiary/aromatic N) is 1. The minimum atomic E-state index is -0.231. The number of hydrogen-bond acceptors (Lipinski definition) is 3. The van der Waals surface area contributed by atoms with E-state index >= 15 is 0 Å². The summed E-state index contributed by atoms with van der Waals surface area (Å²) in [7, 11) is 0. The van der Waals surface area contributed by atoms with E-state index in [0.29, 0.717) is 18.1 Å². The van der Waals surface area contributed by atoms with Gasteiger partial charge >= 0.3 is 0 Å². The van der Waals surface area contributed by atoms with Gasteiger partial charge in [0.15, 0.2) is 0 Å². The zero-order chi connectivity index (χ0) is 21.3. The fraction of sp³-hybridized carbons (Fsp3) is 0.167. The number of aryl methyl sites for hydroxylation is 1. The van der Waals surface area contributed by atoms with Crippen LogP contribution in [-0.4, -0.2) is 15.9 Å². The number of para-hydroxylation sites is 1. The predicted molar refractivity (Wildman–Crippen MR) is 123 cm³/mol. The standard InChI is InChI=1S/C24H22BrN3O2/c1-14-15(2)23(26-16(3)22(14)30-13-17-8-5-4-6-9-17)28-24(29)20-12-18-10-7-11-19(25)21(18)27-20/h4-12,27H,13H2,1-3H3,(H,26,28,29). The first-order valence-corrected chi connectivity index (χ1v) is 10.5. The third kappa shape index (κ3) is 3.96. The molecule has 0 fully saturated rings. The maximum absolute atomic E-state index is 12.8. The molecule has 0 saturated heterocycles. The van der Waals surface area contributed by atoms with Crippen molar-refractivity contribution in [2.45, 2.75) is 27.4 Å². The minimum absolute atomic E-state index is 0.231. The van der Waals surface area contributed by atoms with Crippen LogP contribution in [0.3, 0.4) is 0 Å². The number of halogens is 1. The van der Waals surface area contributed by atoms with Crippen molar-refractivity contribution in [1.82, 2.24) is 9.97 Å². The first kappa shape index (κ1) is 20.2. The topological polar surface area (TPSA) is 67.0 Å². The number of rotatable bonds is 5. The Labute approximate surface area is 183 Å². The molecule has 0 aliphatic carbocycles. The number of anilines is 1. The predicted octanol–water partition coefficient (Wildman–Crippen LogP) is 6.08. The van der Waals surface area contributed by atoms with Crippen LogP contribution in [0.1, 0.15) is 32.9 Å². The molecule has 0 radical (unpaired) electrons. The van der Waals surface area contributed by atoms with Gasteiger partial charge in [-0.2, -0.15) is 0 Å². The van der Waals surface area contributed by atoms with E-state index in [2.05, 4.69) is 31.2 Å². The number of nitrogens with one attached hydrogen (secondary N) is 2. The number of carbonyl (C=O) groups is 1. The number of fused-ring (bicyclic) bond motifs is 1. The zero-order valence-corrected chi connectivity index (χ0v) is 18.6. The molecule has 2 heterocycles. The van der Waals surface area contributed by atoms with Gasteiger partial charge in [0.25, 0.3) is 5.91 Å². The fourth-order valence-electron chi connectivity index (χ4n) is 3.40. The molecule has 0 spiro atoms. The van der Waals surface area contributed by atoms with E-state index in [0.717, 1.165) is 43.5 Å². The number of amides is 1. The minimum Gasteiger partial charge on any atom is -0.487 e. The normalized spacial score (nSPS) is 10.9. The largest absolute Gasteiger partial charge is 0.487 e. The van der Waals surface area contributed by atoms with Crippen molar-refractivity contribution in [3.63, 3.8) is 0 Å². The lowest BCUT2D eigenvalue weighted by Crippen LogP contribution is -2.16. The molecule has 152 valence electrons.